The molecule has 122 valence electrons. The summed E-state index contributed by atoms with van der Waals surface area (Å²) in [6.07, 6.45) is 0. The lowest BCUT2D eigenvalue weighted by Gasteiger charge is -2.15. The van der Waals surface area contributed by atoms with Crippen molar-refractivity contribution < 1.29 is 14.0 Å². The Labute approximate surface area is 142 Å². The van der Waals surface area contributed by atoms with Crippen LogP contribution in [0.15, 0.2) is 84.9 Å². The summed E-state index contributed by atoms with van der Waals surface area (Å²) in [4.78, 5) is 10.1. The molecule has 0 amide bonds. The van der Waals surface area contributed by atoms with Crippen molar-refractivity contribution in [2.45, 2.75) is 12.8 Å². The van der Waals surface area contributed by atoms with Gasteiger partial charge in [-0.25, -0.2) is 4.57 Å². The van der Waals surface area contributed by atoms with Crippen LogP contribution in [0.1, 0.15) is 24.0 Å². The molecule has 3 aromatic carbocycles. The number of benzene rings is 3. The maximum absolute atomic E-state index is 12.4. The molecule has 2 unspecified atom stereocenters. The van der Waals surface area contributed by atoms with E-state index in [2.05, 4.69) is 19.1 Å². The molecule has 0 aromatic heterocycles. The average molecular weight is 338 g/mol. The molecule has 3 aromatic rings. The predicted octanol–water partition coefficient (Wildman–Crippen LogP) is 4.73. The minimum atomic E-state index is -3.86. The minimum absolute atomic E-state index is 0.246. The van der Waals surface area contributed by atoms with Gasteiger partial charge >= 0.3 is 7.60 Å². The highest BCUT2D eigenvalue weighted by Gasteiger charge is 2.23. The Bertz CT molecular complexity index is 830. The van der Waals surface area contributed by atoms with Crippen LogP contribution in [0.25, 0.3) is 0 Å². The van der Waals surface area contributed by atoms with E-state index >= 15 is 0 Å². The summed E-state index contributed by atoms with van der Waals surface area (Å²) in [5, 5.41) is 0.284. The second kappa shape index (κ2) is 7.04. The van der Waals surface area contributed by atoms with Gasteiger partial charge in [-0.05, 0) is 35.4 Å². The molecule has 4 heteroatoms. The first-order valence-corrected chi connectivity index (χ1v) is 9.37. The van der Waals surface area contributed by atoms with Crippen LogP contribution in [0.5, 0.6) is 5.75 Å². The maximum atomic E-state index is 12.4. The van der Waals surface area contributed by atoms with Gasteiger partial charge in [0.05, 0.1) is 5.30 Å². The van der Waals surface area contributed by atoms with Crippen LogP contribution in [0.3, 0.4) is 0 Å². The van der Waals surface area contributed by atoms with Gasteiger partial charge in [-0.1, -0.05) is 67.6 Å². The Morgan fingerprint density at radius 3 is 1.88 bits per heavy atom. The summed E-state index contributed by atoms with van der Waals surface area (Å²) < 4.78 is 17.7. The summed E-state index contributed by atoms with van der Waals surface area (Å²) in [5.41, 5.74) is 2.35. The first-order chi connectivity index (χ1) is 11.6. The predicted molar refractivity (Wildman–Crippen MR) is 96.9 cm³/mol. The normalized spacial score (nSPS) is 14.6. The summed E-state index contributed by atoms with van der Waals surface area (Å²) in [7, 11) is -3.86. The summed E-state index contributed by atoms with van der Waals surface area (Å²) in [5.74, 6) is 0.629. The monoisotopic (exact) mass is 338 g/mol. The van der Waals surface area contributed by atoms with Crippen molar-refractivity contribution in [1.82, 2.24) is 0 Å². The second-order valence-electron chi connectivity index (χ2n) is 5.65. The van der Waals surface area contributed by atoms with Crippen molar-refractivity contribution in [3.05, 3.63) is 96.1 Å². The van der Waals surface area contributed by atoms with Crippen LogP contribution in [-0.4, -0.2) is 4.89 Å². The highest BCUT2D eigenvalue weighted by atomic mass is 31.2. The van der Waals surface area contributed by atoms with Crippen molar-refractivity contribution >= 4 is 12.9 Å². The van der Waals surface area contributed by atoms with Crippen LogP contribution in [-0.2, 0) is 4.57 Å². The van der Waals surface area contributed by atoms with Gasteiger partial charge in [0.1, 0.15) is 5.75 Å². The summed E-state index contributed by atoms with van der Waals surface area (Å²) >= 11 is 0. The van der Waals surface area contributed by atoms with Crippen molar-refractivity contribution in [3.63, 3.8) is 0 Å². The zero-order valence-corrected chi connectivity index (χ0v) is 14.3. The van der Waals surface area contributed by atoms with E-state index in [0.717, 1.165) is 5.56 Å². The molecular formula is C20H19O3P. The highest BCUT2D eigenvalue weighted by molar-refractivity contribution is 7.61. The Morgan fingerprint density at radius 2 is 1.29 bits per heavy atom. The molecule has 2 atom stereocenters. The van der Waals surface area contributed by atoms with Crippen LogP contribution >= 0.6 is 7.60 Å². The molecule has 0 fully saturated rings. The fraction of sp³-hybridized carbons (Fsp3) is 0.100. The standard InChI is InChI=1S/C20H19O3P/c1-16(17-8-4-2-5-9-17)18-12-14-19(15-13-18)23-24(21,22)20-10-6-3-7-11-20/h2-16H,1H3,(H,21,22). The lowest BCUT2D eigenvalue weighted by Crippen LogP contribution is -2.08. The molecule has 0 spiro atoms. The SMILES string of the molecule is CC(c1ccccc1)c1ccc(OP(=O)(O)c2ccccc2)cc1. The average Bonchev–Trinajstić information content (AvgIpc) is 2.63. The van der Waals surface area contributed by atoms with Crippen molar-refractivity contribution in [3.8, 4) is 5.75 Å². The zero-order chi connectivity index (χ0) is 17.0. The van der Waals surface area contributed by atoms with Crippen molar-refractivity contribution in [1.29, 1.82) is 0 Å². The van der Waals surface area contributed by atoms with Gasteiger partial charge in [-0.2, -0.15) is 0 Å². The fourth-order valence-electron chi connectivity index (χ4n) is 2.56. The van der Waals surface area contributed by atoms with Gasteiger partial charge in [0, 0.05) is 5.92 Å². The van der Waals surface area contributed by atoms with Crippen molar-refractivity contribution in [2.75, 3.05) is 0 Å². The van der Waals surface area contributed by atoms with E-state index < -0.39 is 7.60 Å². The molecule has 0 heterocycles. The van der Waals surface area contributed by atoms with Gasteiger partial charge in [-0.15, -0.1) is 0 Å². The van der Waals surface area contributed by atoms with E-state index in [1.165, 1.54) is 5.56 Å². The Hall–Kier alpha value is -2.35. The van der Waals surface area contributed by atoms with E-state index in [-0.39, 0.29) is 11.2 Å². The van der Waals surface area contributed by atoms with E-state index in [4.69, 9.17) is 4.52 Å². The molecule has 3 rings (SSSR count). The third-order valence-electron chi connectivity index (χ3n) is 3.99. The minimum Gasteiger partial charge on any atom is -0.421 e. The maximum Gasteiger partial charge on any atom is 0.408 e. The molecule has 0 radical (unpaired) electrons. The van der Waals surface area contributed by atoms with E-state index in [1.54, 1.807) is 42.5 Å². The molecular weight excluding hydrogens is 319 g/mol. The topological polar surface area (TPSA) is 46.5 Å². The first kappa shape index (κ1) is 16.5. The third-order valence-corrected chi connectivity index (χ3v) is 5.40. The molecule has 0 aliphatic heterocycles. The lowest BCUT2D eigenvalue weighted by atomic mass is 9.93. The molecule has 0 aliphatic rings. The lowest BCUT2D eigenvalue weighted by molar-refractivity contribution is 0.393. The Morgan fingerprint density at radius 1 is 0.792 bits per heavy atom. The first-order valence-electron chi connectivity index (χ1n) is 7.79. The molecule has 0 bridgehead atoms. The highest BCUT2D eigenvalue weighted by Crippen LogP contribution is 2.41. The molecule has 0 saturated heterocycles. The van der Waals surface area contributed by atoms with Gasteiger partial charge in [0.2, 0.25) is 0 Å². The summed E-state index contributed by atoms with van der Waals surface area (Å²) in [6, 6.07) is 25.9. The van der Waals surface area contributed by atoms with Gasteiger partial charge in [0.25, 0.3) is 0 Å². The molecule has 0 saturated carbocycles. The quantitative estimate of drug-likeness (QED) is 0.684. The summed E-state index contributed by atoms with van der Waals surface area (Å²) in [6.45, 7) is 2.13. The van der Waals surface area contributed by atoms with Crippen molar-refractivity contribution in [2.24, 2.45) is 0 Å². The van der Waals surface area contributed by atoms with Crippen LogP contribution in [0.2, 0.25) is 0 Å². The molecule has 24 heavy (non-hydrogen) atoms. The Kier molecular flexibility index (Phi) is 4.84. The smallest absolute Gasteiger partial charge is 0.408 e. The number of hydrogen-bond donors (Lipinski definition) is 1. The number of hydrogen-bond acceptors (Lipinski definition) is 2. The van der Waals surface area contributed by atoms with Gasteiger partial charge in [0.15, 0.2) is 0 Å². The zero-order valence-electron chi connectivity index (χ0n) is 13.4. The molecule has 3 nitrogen and oxygen atoms in total. The van der Waals surface area contributed by atoms with E-state index in [9.17, 15) is 9.46 Å². The molecule has 1 N–H and O–H groups in total. The third kappa shape index (κ3) is 3.76. The van der Waals surface area contributed by atoms with Crippen LogP contribution in [0.4, 0.5) is 0 Å². The Balaban J connectivity index is 1.77. The van der Waals surface area contributed by atoms with E-state index in [1.807, 2.05) is 30.3 Å². The van der Waals surface area contributed by atoms with Gasteiger partial charge in [-0.3, -0.25) is 0 Å². The fourth-order valence-corrected chi connectivity index (χ4v) is 3.63. The largest absolute Gasteiger partial charge is 0.421 e. The van der Waals surface area contributed by atoms with Gasteiger partial charge < -0.3 is 9.42 Å². The van der Waals surface area contributed by atoms with Crippen LogP contribution in [0, 0.1) is 0 Å². The van der Waals surface area contributed by atoms with Crippen LogP contribution < -0.4 is 9.83 Å². The molecule has 0 aliphatic carbocycles. The second-order valence-corrected chi connectivity index (χ2v) is 7.39. The number of rotatable bonds is 5. The van der Waals surface area contributed by atoms with E-state index in [0.29, 0.717) is 5.75 Å².